The molecule has 0 radical (unpaired) electrons. The van der Waals surface area contributed by atoms with Crippen LogP contribution in [0.4, 0.5) is 11.4 Å². The highest BCUT2D eigenvalue weighted by Gasteiger charge is 2.12. The molecule has 9 nitrogen and oxygen atoms in total. The smallest absolute Gasteiger partial charge is 0.227 e. The summed E-state index contributed by atoms with van der Waals surface area (Å²) in [5.74, 6) is 1.75. The summed E-state index contributed by atoms with van der Waals surface area (Å²) in [6.45, 7) is 1.46. The van der Waals surface area contributed by atoms with E-state index in [1.165, 1.54) is 14.0 Å². The van der Waals surface area contributed by atoms with Crippen molar-refractivity contribution in [1.82, 2.24) is 10.1 Å². The van der Waals surface area contributed by atoms with Gasteiger partial charge in [-0.15, -0.1) is 0 Å². The molecule has 0 bridgehead atoms. The van der Waals surface area contributed by atoms with Crippen LogP contribution in [0.5, 0.6) is 11.5 Å². The number of amides is 2. The third-order valence-corrected chi connectivity index (χ3v) is 4.40. The van der Waals surface area contributed by atoms with Gasteiger partial charge in [-0.1, -0.05) is 17.3 Å². The zero-order chi connectivity index (χ0) is 22.2. The Bertz CT molecular complexity index is 1050. The first-order valence-electron chi connectivity index (χ1n) is 9.66. The number of carbonyl (C=O) groups is 2. The maximum absolute atomic E-state index is 12.3. The molecule has 0 saturated heterocycles. The Morgan fingerprint density at radius 3 is 2.48 bits per heavy atom. The van der Waals surface area contributed by atoms with E-state index in [1.807, 2.05) is 24.3 Å². The van der Waals surface area contributed by atoms with E-state index in [0.717, 1.165) is 11.3 Å². The average Bonchev–Trinajstić information content (AvgIpc) is 3.21. The van der Waals surface area contributed by atoms with Crippen molar-refractivity contribution in [1.29, 1.82) is 0 Å². The normalized spacial score (nSPS) is 10.4. The number of ether oxygens (including phenoxy) is 2. The minimum absolute atomic E-state index is 0.120. The molecule has 3 rings (SSSR count). The Labute approximate surface area is 179 Å². The number of hydrogen-bond acceptors (Lipinski definition) is 7. The quantitative estimate of drug-likeness (QED) is 0.542. The topological polar surface area (TPSA) is 116 Å². The Kier molecular flexibility index (Phi) is 7.21. The lowest BCUT2D eigenvalue weighted by molar-refractivity contribution is -0.116. The number of nitrogens with one attached hydrogen (secondary N) is 2. The van der Waals surface area contributed by atoms with Crippen molar-refractivity contribution in [3.8, 4) is 11.5 Å². The molecule has 0 aliphatic carbocycles. The maximum atomic E-state index is 12.3. The summed E-state index contributed by atoms with van der Waals surface area (Å²) in [6, 6.07) is 12.6. The number of hydrogen-bond donors (Lipinski definition) is 2. The van der Waals surface area contributed by atoms with Gasteiger partial charge in [-0.2, -0.15) is 4.98 Å². The first-order chi connectivity index (χ1) is 15.0. The summed E-state index contributed by atoms with van der Waals surface area (Å²) in [5.41, 5.74) is 2.26. The second kappa shape index (κ2) is 10.2. The van der Waals surface area contributed by atoms with Gasteiger partial charge in [-0.25, -0.2) is 0 Å². The predicted molar refractivity (Wildman–Crippen MR) is 114 cm³/mol. The lowest BCUT2D eigenvalue weighted by Gasteiger charge is -2.11. The third-order valence-electron chi connectivity index (χ3n) is 4.40. The fourth-order valence-electron chi connectivity index (χ4n) is 2.89. The number of anilines is 2. The van der Waals surface area contributed by atoms with Gasteiger partial charge >= 0.3 is 0 Å². The average molecular weight is 424 g/mol. The molecule has 9 heteroatoms. The summed E-state index contributed by atoms with van der Waals surface area (Å²) in [7, 11) is 3.09. The van der Waals surface area contributed by atoms with Gasteiger partial charge < -0.3 is 24.6 Å². The SMILES string of the molecule is COc1ccc(NC(=O)CCc2nc(Cc3ccc(NC(C)=O)cc3)no2)c(OC)c1. The van der Waals surface area contributed by atoms with Crippen LogP contribution >= 0.6 is 0 Å². The molecule has 2 aromatic carbocycles. The lowest BCUT2D eigenvalue weighted by atomic mass is 10.1. The predicted octanol–water partition coefficient (Wildman–Crippen LogP) is 3.21. The van der Waals surface area contributed by atoms with Gasteiger partial charge in [0.2, 0.25) is 17.7 Å². The van der Waals surface area contributed by atoms with Crippen LogP contribution in [-0.4, -0.2) is 36.2 Å². The van der Waals surface area contributed by atoms with Crippen LogP contribution in [0.2, 0.25) is 0 Å². The molecule has 31 heavy (non-hydrogen) atoms. The van der Waals surface area contributed by atoms with Gasteiger partial charge in [0.15, 0.2) is 5.82 Å². The Hall–Kier alpha value is -3.88. The van der Waals surface area contributed by atoms with E-state index in [0.29, 0.717) is 41.7 Å². The minimum atomic E-state index is -0.197. The van der Waals surface area contributed by atoms with Crippen LogP contribution in [-0.2, 0) is 22.4 Å². The van der Waals surface area contributed by atoms with E-state index in [1.54, 1.807) is 25.3 Å². The van der Waals surface area contributed by atoms with Crippen molar-refractivity contribution >= 4 is 23.2 Å². The van der Waals surface area contributed by atoms with Crippen LogP contribution in [0.3, 0.4) is 0 Å². The second-order valence-electron chi connectivity index (χ2n) is 6.77. The lowest BCUT2D eigenvalue weighted by Crippen LogP contribution is -2.13. The van der Waals surface area contributed by atoms with Crippen LogP contribution in [0.25, 0.3) is 0 Å². The molecule has 0 aliphatic heterocycles. The monoisotopic (exact) mass is 424 g/mol. The molecule has 0 aliphatic rings. The van der Waals surface area contributed by atoms with Crippen LogP contribution in [0.15, 0.2) is 47.0 Å². The molecule has 1 heterocycles. The second-order valence-corrected chi connectivity index (χ2v) is 6.77. The molecule has 162 valence electrons. The highest BCUT2D eigenvalue weighted by Crippen LogP contribution is 2.29. The van der Waals surface area contributed by atoms with E-state index in [-0.39, 0.29) is 18.2 Å². The van der Waals surface area contributed by atoms with Gasteiger partial charge in [0, 0.05) is 37.9 Å². The standard InChI is InChI=1S/C22H24N4O5/c1-14(27)23-16-6-4-15(5-7-16)12-20-25-22(31-26-20)11-10-21(28)24-18-9-8-17(29-2)13-19(18)30-3/h4-9,13H,10-12H2,1-3H3,(H,23,27)(H,24,28). The van der Waals surface area contributed by atoms with Crippen molar-refractivity contribution in [3.05, 3.63) is 59.7 Å². The van der Waals surface area contributed by atoms with Crippen LogP contribution < -0.4 is 20.1 Å². The van der Waals surface area contributed by atoms with Gasteiger partial charge in [0.25, 0.3) is 0 Å². The molecule has 0 fully saturated rings. The van der Waals surface area contributed by atoms with Gasteiger partial charge in [-0.3, -0.25) is 9.59 Å². The minimum Gasteiger partial charge on any atom is -0.497 e. The Balaban J connectivity index is 1.52. The molecule has 2 amide bonds. The summed E-state index contributed by atoms with van der Waals surface area (Å²) in [5, 5.41) is 9.50. The van der Waals surface area contributed by atoms with Crippen molar-refractivity contribution in [2.75, 3.05) is 24.9 Å². The molecule has 3 aromatic rings. The number of benzene rings is 2. The molecular weight excluding hydrogens is 400 g/mol. The number of rotatable bonds is 9. The van der Waals surface area contributed by atoms with E-state index < -0.39 is 0 Å². The number of aryl methyl sites for hydroxylation is 1. The number of carbonyl (C=O) groups excluding carboxylic acids is 2. The molecule has 2 N–H and O–H groups in total. The largest absolute Gasteiger partial charge is 0.497 e. The molecule has 0 unspecified atom stereocenters. The number of methoxy groups -OCH3 is 2. The third kappa shape index (κ3) is 6.30. The summed E-state index contributed by atoms with van der Waals surface area (Å²) in [4.78, 5) is 27.7. The fourth-order valence-corrected chi connectivity index (χ4v) is 2.89. The highest BCUT2D eigenvalue weighted by atomic mass is 16.5. The van der Waals surface area contributed by atoms with E-state index in [2.05, 4.69) is 20.8 Å². The molecule has 0 saturated carbocycles. The summed E-state index contributed by atoms with van der Waals surface area (Å²) >= 11 is 0. The van der Waals surface area contributed by atoms with Crippen molar-refractivity contribution < 1.29 is 23.6 Å². The molecule has 0 atom stereocenters. The van der Waals surface area contributed by atoms with Crippen LogP contribution in [0, 0.1) is 0 Å². The maximum Gasteiger partial charge on any atom is 0.227 e. The Morgan fingerprint density at radius 2 is 1.81 bits per heavy atom. The zero-order valence-corrected chi connectivity index (χ0v) is 17.6. The van der Waals surface area contributed by atoms with Crippen molar-refractivity contribution in [2.24, 2.45) is 0 Å². The van der Waals surface area contributed by atoms with Gasteiger partial charge in [0.1, 0.15) is 11.5 Å². The van der Waals surface area contributed by atoms with E-state index >= 15 is 0 Å². The highest BCUT2D eigenvalue weighted by molar-refractivity contribution is 5.92. The van der Waals surface area contributed by atoms with Gasteiger partial charge in [0.05, 0.1) is 19.9 Å². The summed E-state index contributed by atoms with van der Waals surface area (Å²) < 4.78 is 15.7. The number of aromatic nitrogens is 2. The molecule has 0 spiro atoms. The first kappa shape index (κ1) is 21.8. The molecule has 1 aromatic heterocycles. The van der Waals surface area contributed by atoms with Gasteiger partial charge in [-0.05, 0) is 29.8 Å². The van der Waals surface area contributed by atoms with E-state index in [9.17, 15) is 9.59 Å². The molecular formula is C22H24N4O5. The van der Waals surface area contributed by atoms with Crippen LogP contribution in [0.1, 0.15) is 30.6 Å². The Morgan fingerprint density at radius 1 is 1.03 bits per heavy atom. The number of nitrogens with zero attached hydrogens (tertiary/aromatic N) is 2. The first-order valence-corrected chi connectivity index (χ1v) is 9.66. The van der Waals surface area contributed by atoms with E-state index in [4.69, 9.17) is 14.0 Å². The summed E-state index contributed by atoms with van der Waals surface area (Å²) in [6.07, 6.45) is 0.986. The van der Waals surface area contributed by atoms with Crippen molar-refractivity contribution in [3.63, 3.8) is 0 Å². The van der Waals surface area contributed by atoms with Crippen molar-refractivity contribution in [2.45, 2.75) is 26.2 Å². The zero-order valence-electron chi connectivity index (χ0n) is 17.6. The fraction of sp³-hybridized carbons (Fsp3) is 0.273.